The first-order valence-corrected chi connectivity index (χ1v) is 12.7. The second-order valence-corrected chi connectivity index (χ2v) is 10.2. The highest BCUT2D eigenvalue weighted by Gasteiger charge is 2.29. The molecule has 2 aliphatic heterocycles. The molecule has 3 rings (SSSR count). The first-order chi connectivity index (χ1) is 14.5. The number of aryl methyl sites for hydroxylation is 1. The van der Waals surface area contributed by atoms with E-state index in [0.29, 0.717) is 19.6 Å². The monoisotopic (exact) mass is 436 g/mol. The number of likely N-dealkylation sites (tertiary alicyclic amines) is 1. The molecule has 1 aromatic carbocycles. The average Bonchev–Trinajstić information content (AvgIpc) is 2.79. The van der Waals surface area contributed by atoms with Gasteiger partial charge in [-0.25, -0.2) is 8.42 Å². The Morgan fingerprint density at radius 3 is 2.33 bits per heavy atom. The lowest BCUT2D eigenvalue weighted by atomic mass is 10.1. The molecular weight excluding hydrogens is 400 g/mol. The highest BCUT2D eigenvalue weighted by atomic mass is 32.2. The molecule has 30 heavy (non-hydrogen) atoms. The standard InChI is InChI=1S/C22H36N4O3S/c1-2-20-7-9-21(10-8-20)30(28,29)26(16-6-15-24-13-4-3-5-14-24)19-22(27)25-17-11-23-12-18-25/h7-10,23H,2-6,11-19H2,1H3. The molecule has 0 aliphatic carbocycles. The van der Waals surface area contributed by atoms with E-state index in [1.54, 1.807) is 17.0 Å². The Balaban J connectivity index is 1.69. The van der Waals surface area contributed by atoms with Crippen molar-refractivity contribution in [1.82, 2.24) is 19.4 Å². The molecule has 1 N–H and O–H groups in total. The minimum Gasteiger partial charge on any atom is -0.339 e. The van der Waals surface area contributed by atoms with E-state index in [1.807, 2.05) is 19.1 Å². The van der Waals surface area contributed by atoms with Crippen LogP contribution in [0.1, 0.15) is 38.2 Å². The first kappa shape index (κ1) is 23.2. The summed E-state index contributed by atoms with van der Waals surface area (Å²) in [6.45, 7) is 8.15. The normalized spacial score (nSPS) is 18.7. The van der Waals surface area contributed by atoms with Crippen LogP contribution in [0.5, 0.6) is 0 Å². The fraction of sp³-hybridized carbons (Fsp3) is 0.682. The van der Waals surface area contributed by atoms with Crippen LogP contribution in [0.2, 0.25) is 0 Å². The van der Waals surface area contributed by atoms with Crippen LogP contribution in [0.25, 0.3) is 0 Å². The number of nitrogens with one attached hydrogen (secondary N) is 1. The third-order valence-corrected chi connectivity index (χ3v) is 7.94. The van der Waals surface area contributed by atoms with E-state index in [0.717, 1.165) is 51.1 Å². The highest BCUT2D eigenvalue weighted by Crippen LogP contribution is 2.18. The van der Waals surface area contributed by atoms with Crippen molar-refractivity contribution in [3.8, 4) is 0 Å². The second-order valence-electron chi connectivity index (χ2n) is 8.22. The van der Waals surface area contributed by atoms with E-state index in [4.69, 9.17) is 0 Å². The topological polar surface area (TPSA) is 73.0 Å². The van der Waals surface area contributed by atoms with Gasteiger partial charge < -0.3 is 15.1 Å². The number of piperazine rings is 1. The van der Waals surface area contributed by atoms with Crippen LogP contribution in [-0.2, 0) is 21.2 Å². The molecule has 0 unspecified atom stereocenters. The molecule has 2 heterocycles. The Labute approximate surface area is 181 Å². The summed E-state index contributed by atoms with van der Waals surface area (Å²) in [5, 5.41) is 3.23. The zero-order chi connectivity index (χ0) is 21.4. The number of sulfonamides is 1. The summed E-state index contributed by atoms with van der Waals surface area (Å²) in [5.41, 5.74) is 1.10. The van der Waals surface area contributed by atoms with Gasteiger partial charge in [-0.15, -0.1) is 0 Å². The SMILES string of the molecule is CCc1ccc(S(=O)(=O)N(CCCN2CCCCC2)CC(=O)N2CCNCC2)cc1. The van der Waals surface area contributed by atoms with E-state index in [2.05, 4.69) is 10.2 Å². The van der Waals surface area contributed by atoms with Crippen molar-refractivity contribution < 1.29 is 13.2 Å². The smallest absolute Gasteiger partial charge is 0.243 e. The van der Waals surface area contributed by atoms with Crippen LogP contribution in [-0.4, -0.2) is 87.3 Å². The number of hydrogen-bond donors (Lipinski definition) is 1. The lowest BCUT2D eigenvalue weighted by Crippen LogP contribution is -2.50. The van der Waals surface area contributed by atoms with Crippen molar-refractivity contribution in [3.05, 3.63) is 29.8 Å². The van der Waals surface area contributed by atoms with Gasteiger partial charge in [0, 0.05) is 32.7 Å². The number of hydrogen-bond acceptors (Lipinski definition) is 5. The van der Waals surface area contributed by atoms with Gasteiger partial charge in [-0.3, -0.25) is 4.79 Å². The van der Waals surface area contributed by atoms with Crippen LogP contribution in [0.15, 0.2) is 29.2 Å². The van der Waals surface area contributed by atoms with Crippen molar-refractivity contribution in [1.29, 1.82) is 0 Å². The zero-order valence-electron chi connectivity index (χ0n) is 18.2. The molecular formula is C22H36N4O3S. The summed E-state index contributed by atoms with van der Waals surface area (Å²) >= 11 is 0. The summed E-state index contributed by atoms with van der Waals surface area (Å²) < 4.78 is 28.1. The number of piperidine rings is 1. The zero-order valence-corrected chi connectivity index (χ0v) is 19.0. The van der Waals surface area contributed by atoms with Crippen molar-refractivity contribution in [2.45, 2.75) is 43.9 Å². The van der Waals surface area contributed by atoms with Gasteiger partial charge in [0.25, 0.3) is 0 Å². The molecule has 2 aliphatic rings. The molecule has 0 spiro atoms. The van der Waals surface area contributed by atoms with E-state index < -0.39 is 10.0 Å². The van der Waals surface area contributed by atoms with Gasteiger partial charge in [-0.05, 0) is 63.0 Å². The number of carbonyl (C=O) groups is 1. The lowest BCUT2D eigenvalue weighted by Gasteiger charge is -2.31. The summed E-state index contributed by atoms with van der Waals surface area (Å²) in [4.78, 5) is 17.3. The van der Waals surface area contributed by atoms with Gasteiger partial charge >= 0.3 is 0 Å². The van der Waals surface area contributed by atoms with Crippen molar-refractivity contribution >= 4 is 15.9 Å². The fourth-order valence-electron chi connectivity index (χ4n) is 4.15. The quantitative estimate of drug-likeness (QED) is 0.636. The maximum absolute atomic E-state index is 13.4. The first-order valence-electron chi connectivity index (χ1n) is 11.3. The number of rotatable bonds is 9. The highest BCUT2D eigenvalue weighted by molar-refractivity contribution is 7.89. The number of nitrogens with zero attached hydrogens (tertiary/aromatic N) is 3. The Kier molecular flexibility index (Phi) is 8.68. The van der Waals surface area contributed by atoms with Crippen LogP contribution >= 0.6 is 0 Å². The molecule has 2 saturated heterocycles. The molecule has 0 radical (unpaired) electrons. The summed E-state index contributed by atoms with van der Waals surface area (Å²) in [5.74, 6) is -0.108. The van der Waals surface area contributed by atoms with Crippen molar-refractivity contribution in [2.75, 3.05) is 58.9 Å². The van der Waals surface area contributed by atoms with Crippen LogP contribution < -0.4 is 5.32 Å². The third kappa shape index (κ3) is 6.26. The Morgan fingerprint density at radius 1 is 1.03 bits per heavy atom. The largest absolute Gasteiger partial charge is 0.339 e. The van der Waals surface area contributed by atoms with Gasteiger partial charge in [-0.1, -0.05) is 25.5 Å². The molecule has 0 atom stereocenters. The van der Waals surface area contributed by atoms with E-state index in [-0.39, 0.29) is 17.3 Å². The molecule has 0 bridgehead atoms. The van der Waals surface area contributed by atoms with Gasteiger partial charge in [0.15, 0.2) is 0 Å². The Hall–Kier alpha value is -1.48. The van der Waals surface area contributed by atoms with E-state index in [1.165, 1.54) is 23.6 Å². The molecule has 2 fully saturated rings. The third-order valence-electron chi connectivity index (χ3n) is 6.08. The maximum atomic E-state index is 13.4. The van der Waals surface area contributed by atoms with Crippen LogP contribution in [0, 0.1) is 0 Å². The summed E-state index contributed by atoms with van der Waals surface area (Å²) in [6.07, 6.45) is 5.31. The van der Waals surface area contributed by atoms with E-state index in [9.17, 15) is 13.2 Å². The van der Waals surface area contributed by atoms with Gasteiger partial charge in [0.05, 0.1) is 11.4 Å². The second kappa shape index (κ2) is 11.2. The molecule has 1 aromatic rings. The number of carbonyl (C=O) groups excluding carboxylic acids is 1. The minimum atomic E-state index is -3.71. The van der Waals surface area contributed by atoms with Gasteiger partial charge in [0.1, 0.15) is 0 Å². The van der Waals surface area contributed by atoms with E-state index >= 15 is 0 Å². The molecule has 8 heteroatoms. The molecule has 0 saturated carbocycles. The molecule has 7 nitrogen and oxygen atoms in total. The van der Waals surface area contributed by atoms with Gasteiger partial charge in [0.2, 0.25) is 15.9 Å². The maximum Gasteiger partial charge on any atom is 0.243 e. The Bertz CT molecular complexity index is 770. The van der Waals surface area contributed by atoms with Crippen molar-refractivity contribution in [2.24, 2.45) is 0 Å². The fourth-order valence-corrected chi connectivity index (χ4v) is 5.58. The molecule has 1 amide bonds. The summed E-state index contributed by atoms with van der Waals surface area (Å²) in [7, 11) is -3.71. The van der Waals surface area contributed by atoms with Crippen molar-refractivity contribution in [3.63, 3.8) is 0 Å². The molecule has 0 aromatic heterocycles. The van der Waals surface area contributed by atoms with Gasteiger partial charge in [-0.2, -0.15) is 4.31 Å². The predicted octanol–water partition coefficient (Wildman–Crippen LogP) is 1.55. The molecule has 168 valence electrons. The average molecular weight is 437 g/mol. The number of amides is 1. The number of benzene rings is 1. The Morgan fingerprint density at radius 2 is 1.70 bits per heavy atom. The minimum absolute atomic E-state index is 0.0855. The summed E-state index contributed by atoms with van der Waals surface area (Å²) in [6, 6.07) is 7.05. The van der Waals surface area contributed by atoms with Crippen LogP contribution in [0.4, 0.5) is 0 Å². The van der Waals surface area contributed by atoms with Crippen LogP contribution in [0.3, 0.4) is 0 Å². The predicted molar refractivity (Wildman–Crippen MR) is 119 cm³/mol. The lowest BCUT2D eigenvalue weighted by molar-refractivity contribution is -0.132.